The molecule has 2 aromatic rings. The van der Waals surface area contributed by atoms with Crippen LogP contribution in [-0.2, 0) is 9.53 Å². The first-order chi connectivity index (χ1) is 14.3. The molecule has 0 saturated heterocycles. The standard InChI is InChI=1S/C24H28ClNO5/c1-14(2)10-20(23(29)31-24(4,5)6)26-13-21(30-7)19(12-22(26)28)18-11-16(25)8-9-17(18)15(3)27/h8-9,11-13,20H,1,10H2,2-7H3. The molecule has 0 aliphatic rings. The van der Waals surface area contributed by atoms with Gasteiger partial charge in [-0.3, -0.25) is 14.2 Å². The number of carbonyl (C=O) groups excluding carboxylic acids is 2. The van der Waals surface area contributed by atoms with Gasteiger partial charge in [0.1, 0.15) is 17.4 Å². The van der Waals surface area contributed by atoms with Crippen LogP contribution in [0.25, 0.3) is 11.1 Å². The number of carbonyl (C=O) groups is 2. The molecule has 0 radical (unpaired) electrons. The van der Waals surface area contributed by atoms with Gasteiger partial charge in [-0.25, -0.2) is 4.79 Å². The van der Waals surface area contributed by atoms with Crippen LogP contribution in [0.4, 0.5) is 0 Å². The van der Waals surface area contributed by atoms with E-state index in [4.69, 9.17) is 21.1 Å². The molecule has 7 heteroatoms. The number of hydrogen-bond acceptors (Lipinski definition) is 5. The highest BCUT2D eigenvalue weighted by molar-refractivity contribution is 6.31. The van der Waals surface area contributed by atoms with E-state index in [0.717, 1.165) is 5.57 Å². The number of benzene rings is 1. The molecule has 1 atom stereocenters. The second-order valence-corrected chi connectivity index (χ2v) is 8.89. The summed E-state index contributed by atoms with van der Waals surface area (Å²) in [6, 6.07) is 5.27. The third-order valence-corrected chi connectivity index (χ3v) is 4.71. The Balaban J connectivity index is 2.69. The molecule has 1 unspecified atom stereocenters. The first-order valence-corrected chi connectivity index (χ1v) is 10.2. The second-order valence-electron chi connectivity index (χ2n) is 8.46. The van der Waals surface area contributed by atoms with Gasteiger partial charge in [-0.2, -0.15) is 0 Å². The van der Waals surface area contributed by atoms with Gasteiger partial charge in [0.05, 0.1) is 13.3 Å². The van der Waals surface area contributed by atoms with Crippen molar-refractivity contribution in [2.24, 2.45) is 0 Å². The number of allylic oxidation sites excluding steroid dienone is 1. The van der Waals surface area contributed by atoms with Crippen LogP contribution in [0.1, 0.15) is 57.4 Å². The molecule has 0 N–H and O–H groups in total. The molecule has 31 heavy (non-hydrogen) atoms. The average Bonchev–Trinajstić information content (AvgIpc) is 2.64. The normalized spacial score (nSPS) is 12.2. The monoisotopic (exact) mass is 445 g/mol. The van der Waals surface area contributed by atoms with E-state index in [9.17, 15) is 14.4 Å². The summed E-state index contributed by atoms with van der Waals surface area (Å²) in [5.74, 6) is -0.397. The number of ether oxygens (including phenoxy) is 2. The van der Waals surface area contributed by atoms with E-state index in [-0.39, 0.29) is 12.2 Å². The van der Waals surface area contributed by atoms with Gasteiger partial charge in [-0.15, -0.1) is 6.58 Å². The number of methoxy groups -OCH3 is 1. The molecule has 1 aromatic carbocycles. The molecular formula is C24H28ClNO5. The fraction of sp³-hybridized carbons (Fsp3) is 0.375. The van der Waals surface area contributed by atoms with Crippen LogP contribution < -0.4 is 10.3 Å². The minimum Gasteiger partial charge on any atom is -0.495 e. The van der Waals surface area contributed by atoms with Crippen molar-refractivity contribution in [2.75, 3.05) is 7.11 Å². The summed E-state index contributed by atoms with van der Waals surface area (Å²) in [5, 5.41) is 0.417. The quantitative estimate of drug-likeness (QED) is 0.331. The van der Waals surface area contributed by atoms with E-state index in [1.807, 2.05) is 0 Å². The lowest BCUT2D eigenvalue weighted by Crippen LogP contribution is -2.35. The third-order valence-electron chi connectivity index (χ3n) is 4.47. The van der Waals surface area contributed by atoms with Gasteiger partial charge in [0.15, 0.2) is 5.78 Å². The Hall–Kier alpha value is -2.86. The molecule has 6 nitrogen and oxygen atoms in total. The predicted octanol–water partition coefficient (Wildman–Crippen LogP) is 5.23. The number of halogens is 1. The van der Waals surface area contributed by atoms with Crippen LogP contribution in [0.3, 0.4) is 0 Å². The van der Waals surface area contributed by atoms with Crippen molar-refractivity contribution in [1.82, 2.24) is 4.57 Å². The maximum Gasteiger partial charge on any atom is 0.330 e. The number of aromatic nitrogens is 1. The number of hydrogen-bond donors (Lipinski definition) is 0. The van der Waals surface area contributed by atoms with Gasteiger partial charge < -0.3 is 9.47 Å². The van der Waals surface area contributed by atoms with Crippen molar-refractivity contribution in [1.29, 1.82) is 0 Å². The number of nitrogens with zero attached hydrogens (tertiary/aromatic N) is 1. The van der Waals surface area contributed by atoms with E-state index < -0.39 is 23.2 Å². The van der Waals surface area contributed by atoms with E-state index in [1.165, 1.54) is 30.9 Å². The molecule has 0 spiro atoms. The van der Waals surface area contributed by atoms with Gasteiger partial charge in [0.25, 0.3) is 5.56 Å². The molecule has 1 aromatic heterocycles. The molecular weight excluding hydrogens is 418 g/mol. The highest BCUT2D eigenvalue weighted by atomic mass is 35.5. The molecule has 0 saturated carbocycles. The second kappa shape index (κ2) is 9.52. The Kier molecular flexibility index (Phi) is 7.49. The predicted molar refractivity (Wildman–Crippen MR) is 122 cm³/mol. The first-order valence-electron chi connectivity index (χ1n) is 9.82. The summed E-state index contributed by atoms with van der Waals surface area (Å²) in [4.78, 5) is 38.1. The molecule has 0 aliphatic heterocycles. The zero-order valence-corrected chi connectivity index (χ0v) is 19.5. The summed E-state index contributed by atoms with van der Waals surface area (Å²) in [5.41, 5.74) is 0.867. The third kappa shape index (κ3) is 6.07. The average molecular weight is 446 g/mol. The Morgan fingerprint density at radius 2 is 1.81 bits per heavy atom. The minimum atomic E-state index is -0.904. The molecule has 0 amide bonds. The lowest BCUT2D eigenvalue weighted by molar-refractivity contribution is -0.159. The van der Waals surface area contributed by atoms with Crippen molar-refractivity contribution >= 4 is 23.4 Å². The highest BCUT2D eigenvalue weighted by Crippen LogP contribution is 2.34. The number of ketones is 1. The molecule has 0 fully saturated rings. The van der Waals surface area contributed by atoms with E-state index in [2.05, 4.69) is 6.58 Å². The van der Waals surface area contributed by atoms with Crippen molar-refractivity contribution in [3.8, 4) is 16.9 Å². The van der Waals surface area contributed by atoms with Crippen molar-refractivity contribution < 1.29 is 19.1 Å². The molecule has 1 heterocycles. The molecule has 0 aliphatic carbocycles. The topological polar surface area (TPSA) is 74.6 Å². The molecule has 166 valence electrons. The fourth-order valence-corrected chi connectivity index (χ4v) is 3.36. The number of Topliss-reactive ketones (excluding diaryl/α,β-unsaturated/α-hetero) is 1. The lowest BCUT2D eigenvalue weighted by atomic mass is 9.97. The zero-order valence-electron chi connectivity index (χ0n) is 18.7. The summed E-state index contributed by atoms with van der Waals surface area (Å²) >= 11 is 6.14. The molecule has 2 rings (SSSR count). The summed E-state index contributed by atoms with van der Waals surface area (Å²) in [6.07, 6.45) is 1.69. The van der Waals surface area contributed by atoms with Gasteiger partial charge in [0, 0.05) is 22.2 Å². The van der Waals surface area contributed by atoms with Crippen LogP contribution in [0.15, 0.2) is 47.4 Å². The maximum absolute atomic E-state index is 13.1. The fourth-order valence-electron chi connectivity index (χ4n) is 3.19. The minimum absolute atomic E-state index is 0.174. The Morgan fingerprint density at radius 1 is 1.16 bits per heavy atom. The van der Waals surface area contributed by atoms with E-state index >= 15 is 0 Å². The van der Waals surface area contributed by atoms with Gasteiger partial charge in [-0.05, 0) is 64.8 Å². The van der Waals surface area contributed by atoms with E-state index in [1.54, 1.807) is 45.9 Å². The Bertz CT molecular complexity index is 1080. The van der Waals surface area contributed by atoms with Crippen LogP contribution in [0, 0.1) is 0 Å². The van der Waals surface area contributed by atoms with Crippen LogP contribution in [-0.4, -0.2) is 29.0 Å². The molecule has 0 bridgehead atoms. The van der Waals surface area contributed by atoms with Crippen molar-refractivity contribution in [3.63, 3.8) is 0 Å². The van der Waals surface area contributed by atoms with Crippen LogP contribution in [0.5, 0.6) is 5.75 Å². The van der Waals surface area contributed by atoms with Gasteiger partial charge in [0.2, 0.25) is 0 Å². The van der Waals surface area contributed by atoms with Crippen molar-refractivity contribution in [3.05, 3.63) is 63.6 Å². The number of esters is 1. The SMILES string of the molecule is C=C(C)CC(C(=O)OC(C)(C)C)n1cc(OC)c(-c2cc(Cl)ccc2C(C)=O)cc1=O. The summed E-state index contributed by atoms with van der Waals surface area (Å²) in [7, 11) is 1.45. The summed E-state index contributed by atoms with van der Waals surface area (Å²) in [6.45, 7) is 12.4. The van der Waals surface area contributed by atoms with Gasteiger partial charge in [-0.1, -0.05) is 17.2 Å². The van der Waals surface area contributed by atoms with Crippen molar-refractivity contribution in [2.45, 2.75) is 52.7 Å². The first kappa shape index (κ1) is 24.4. The Labute approximate surface area is 187 Å². The largest absolute Gasteiger partial charge is 0.495 e. The Morgan fingerprint density at radius 3 is 2.32 bits per heavy atom. The highest BCUT2D eigenvalue weighted by Gasteiger charge is 2.28. The van der Waals surface area contributed by atoms with E-state index in [0.29, 0.717) is 27.5 Å². The lowest BCUT2D eigenvalue weighted by Gasteiger charge is -2.26. The zero-order chi connectivity index (χ0) is 23.5. The maximum atomic E-state index is 13.1. The summed E-state index contributed by atoms with van der Waals surface area (Å²) < 4.78 is 12.3. The number of pyridine rings is 1. The number of rotatable bonds is 7. The van der Waals surface area contributed by atoms with Gasteiger partial charge >= 0.3 is 5.97 Å². The van der Waals surface area contributed by atoms with Crippen LogP contribution in [0.2, 0.25) is 5.02 Å². The van der Waals surface area contributed by atoms with Crippen LogP contribution >= 0.6 is 11.6 Å². The smallest absolute Gasteiger partial charge is 0.330 e.